The summed E-state index contributed by atoms with van der Waals surface area (Å²) in [5, 5.41) is 3.04. The van der Waals surface area contributed by atoms with Crippen LogP contribution >= 0.6 is 0 Å². The fourth-order valence-corrected chi connectivity index (χ4v) is 2.77. The summed E-state index contributed by atoms with van der Waals surface area (Å²) in [4.78, 5) is 15.9. The maximum Gasteiger partial charge on any atom is 0.230 e. The molecule has 2 aromatic rings. The van der Waals surface area contributed by atoms with Crippen LogP contribution in [-0.4, -0.2) is 35.1 Å². The monoisotopic (exact) mass is 283 g/mol. The molecule has 0 bridgehead atoms. The van der Waals surface area contributed by atoms with E-state index in [1.54, 1.807) is 0 Å². The van der Waals surface area contributed by atoms with Crippen LogP contribution in [0, 0.1) is 13.8 Å². The average molecular weight is 283 g/mol. The van der Waals surface area contributed by atoms with Gasteiger partial charge in [-0.05, 0) is 38.8 Å². The largest absolute Gasteiger partial charge is 0.357 e. The van der Waals surface area contributed by atoms with Gasteiger partial charge in [-0.2, -0.15) is 15.0 Å². The first-order valence-electron chi connectivity index (χ1n) is 7.43. The first-order chi connectivity index (χ1) is 10.2. The third-order valence-electron chi connectivity index (χ3n) is 3.72. The van der Waals surface area contributed by atoms with Crippen LogP contribution in [0.3, 0.4) is 0 Å². The van der Waals surface area contributed by atoms with E-state index in [4.69, 9.17) is 0 Å². The van der Waals surface area contributed by atoms with Crippen LogP contribution in [0.25, 0.3) is 11.4 Å². The van der Waals surface area contributed by atoms with Crippen LogP contribution in [0.5, 0.6) is 0 Å². The standard InChI is InChI=1S/C16H21N5/c1-11-8-12(2)10-13(9-11)14-18-15(17-3)20-16(19-14)21-6-4-5-7-21/h8-10H,4-7H2,1-3H3,(H,17,18,19,20). The molecule has 5 nitrogen and oxygen atoms in total. The fraction of sp³-hybridized carbons (Fsp3) is 0.438. The van der Waals surface area contributed by atoms with E-state index in [1.165, 1.54) is 24.0 Å². The molecule has 110 valence electrons. The molecule has 1 aromatic heterocycles. The van der Waals surface area contributed by atoms with E-state index in [2.05, 4.69) is 57.2 Å². The molecule has 0 radical (unpaired) electrons. The van der Waals surface area contributed by atoms with Crippen molar-refractivity contribution < 1.29 is 0 Å². The Balaban J connectivity index is 2.06. The zero-order chi connectivity index (χ0) is 14.8. The molecule has 5 heteroatoms. The van der Waals surface area contributed by atoms with Gasteiger partial charge in [-0.15, -0.1) is 0 Å². The van der Waals surface area contributed by atoms with Gasteiger partial charge in [0.1, 0.15) is 0 Å². The minimum Gasteiger partial charge on any atom is -0.357 e. The Morgan fingerprint density at radius 2 is 1.62 bits per heavy atom. The molecule has 1 aliphatic heterocycles. The van der Waals surface area contributed by atoms with Crippen molar-refractivity contribution in [1.29, 1.82) is 0 Å². The Hall–Kier alpha value is -2.17. The van der Waals surface area contributed by atoms with E-state index in [9.17, 15) is 0 Å². The fourth-order valence-electron chi connectivity index (χ4n) is 2.77. The number of hydrogen-bond donors (Lipinski definition) is 1. The summed E-state index contributed by atoms with van der Waals surface area (Å²) in [6, 6.07) is 6.40. The van der Waals surface area contributed by atoms with E-state index in [-0.39, 0.29) is 0 Å². The summed E-state index contributed by atoms with van der Waals surface area (Å²) in [6.07, 6.45) is 2.42. The second-order valence-corrected chi connectivity index (χ2v) is 5.60. The average Bonchev–Trinajstić information content (AvgIpc) is 3.00. The maximum absolute atomic E-state index is 4.68. The molecule has 0 amide bonds. The van der Waals surface area contributed by atoms with E-state index >= 15 is 0 Å². The van der Waals surface area contributed by atoms with Crippen molar-refractivity contribution in [1.82, 2.24) is 15.0 Å². The van der Waals surface area contributed by atoms with Crippen LogP contribution in [0.2, 0.25) is 0 Å². The van der Waals surface area contributed by atoms with E-state index < -0.39 is 0 Å². The van der Waals surface area contributed by atoms with Crippen molar-refractivity contribution in [3.05, 3.63) is 29.3 Å². The van der Waals surface area contributed by atoms with Gasteiger partial charge in [0.05, 0.1) is 0 Å². The number of nitrogens with one attached hydrogen (secondary N) is 1. The molecule has 0 spiro atoms. The maximum atomic E-state index is 4.68. The highest BCUT2D eigenvalue weighted by atomic mass is 15.3. The van der Waals surface area contributed by atoms with Crippen LogP contribution in [0.1, 0.15) is 24.0 Å². The van der Waals surface area contributed by atoms with E-state index in [1.807, 2.05) is 7.05 Å². The summed E-state index contributed by atoms with van der Waals surface area (Å²) in [5.41, 5.74) is 3.49. The topological polar surface area (TPSA) is 53.9 Å². The van der Waals surface area contributed by atoms with Gasteiger partial charge in [0.25, 0.3) is 0 Å². The lowest BCUT2D eigenvalue weighted by Gasteiger charge is -2.16. The van der Waals surface area contributed by atoms with Gasteiger partial charge in [0.2, 0.25) is 11.9 Å². The van der Waals surface area contributed by atoms with Gasteiger partial charge < -0.3 is 10.2 Å². The Kier molecular flexibility index (Phi) is 3.73. The van der Waals surface area contributed by atoms with Crippen LogP contribution < -0.4 is 10.2 Å². The second-order valence-electron chi connectivity index (χ2n) is 5.60. The lowest BCUT2D eigenvalue weighted by atomic mass is 10.1. The first kappa shape index (κ1) is 13.8. The molecule has 0 unspecified atom stereocenters. The number of nitrogens with zero attached hydrogens (tertiary/aromatic N) is 4. The Labute approximate surface area is 125 Å². The minimum absolute atomic E-state index is 0.626. The molecule has 21 heavy (non-hydrogen) atoms. The van der Waals surface area contributed by atoms with Gasteiger partial charge in [-0.1, -0.05) is 17.2 Å². The molecular weight excluding hydrogens is 262 g/mol. The zero-order valence-electron chi connectivity index (χ0n) is 12.8. The quantitative estimate of drug-likeness (QED) is 0.938. The van der Waals surface area contributed by atoms with Gasteiger partial charge in [-0.3, -0.25) is 0 Å². The van der Waals surface area contributed by atoms with Crippen LogP contribution in [0.4, 0.5) is 11.9 Å². The van der Waals surface area contributed by atoms with Crippen molar-refractivity contribution in [2.24, 2.45) is 0 Å². The Morgan fingerprint density at radius 1 is 0.952 bits per heavy atom. The van der Waals surface area contributed by atoms with Crippen molar-refractivity contribution in [2.75, 3.05) is 30.4 Å². The first-order valence-corrected chi connectivity index (χ1v) is 7.43. The van der Waals surface area contributed by atoms with Crippen molar-refractivity contribution >= 4 is 11.9 Å². The lowest BCUT2D eigenvalue weighted by molar-refractivity contribution is 0.884. The van der Waals surface area contributed by atoms with Crippen molar-refractivity contribution in [2.45, 2.75) is 26.7 Å². The van der Waals surface area contributed by atoms with E-state index in [0.717, 1.165) is 30.4 Å². The van der Waals surface area contributed by atoms with Crippen LogP contribution in [0.15, 0.2) is 18.2 Å². The molecule has 1 aliphatic rings. The molecular formula is C16H21N5. The molecule has 0 atom stereocenters. The number of rotatable bonds is 3. The molecule has 1 saturated heterocycles. The van der Waals surface area contributed by atoms with Crippen molar-refractivity contribution in [3.63, 3.8) is 0 Å². The van der Waals surface area contributed by atoms with Crippen LogP contribution in [-0.2, 0) is 0 Å². The molecule has 2 heterocycles. The highest BCUT2D eigenvalue weighted by Crippen LogP contribution is 2.23. The normalized spacial score (nSPS) is 14.5. The third kappa shape index (κ3) is 2.96. The smallest absolute Gasteiger partial charge is 0.230 e. The summed E-state index contributed by atoms with van der Waals surface area (Å²) in [6.45, 7) is 6.25. The zero-order valence-corrected chi connectivity index (χ0v) is 12.8. The third-order valence-corrected chi connectivity index (χ3v) is 3.72. The SMILES string of the molecule is CNc1nc(-c2cc(C)cc(C)c2)nc(N2CCCC2)n1. The predicted octanol–water partition coefficient (Wildman–Crippen LogP) is 2.80. The number of hydrogen-bond acceptors (Lipinski definition) is 5. The van der Waals surface area contributed by atoms with Gasteiger partial charge in [-0.25, -0.2) is 0 Å². The summed E-state index contributed by atoms with van der Waals surface area (Å²) in [7, 11) is 1.84. The molecule has 0 saturated carbocycles. The van der Waals surface area contributed by atoms with Gasteiger partial charge in [0.15, 0.2) is 5.82 Å². The molecule has 3 rings (SSSR count). The highest BCUT2D eigenvalue weighted by Gasteiger charge is 2.17. The molecule has 1 aromatic carbocycles. The predicted molar refractivity (Wildman–Crippen MR) is 85.7 cm³/mol. The summed E-state index contributed by atoms with van der Waals surface area (Å²) < 4.78 is 0. The Bertz CT molecular complexity index is 627. The molecule has 1 fully saturated rings. The van der Waals surface area contributed by atoms with Gasteiger partial charge in [0, 0.05) is 25.7 Å². The summed E-state index contributed by atoms with van der Waals surface area (Å²) >= 11 is 0. The number of aromatic nitrogens is 3. The Morgan fingerprint density at radius 3 is 2.24 bits per heavy atom. The lowest BCUT2D eigenvalue weighted by Crippen LogP contribution is -2.21. The number of anilines is 2. The summed E-state index contributed by atoms with van der Waals surface area (Å²) in [5.74, 6) is 2.14. The molecule has 0 aliphatic carbocycles. The van der Waals surface area contributed by atoms with E-state index in [0.29, 0.717) is 5.95 Å². The highest BCUT2D eigenvalue weighted by molar-refractivity contribution is 5.60. The van der Waals surface area contributed by atoms with Gasteiger partial charge >= 0.3 is 0 Å². The number of benzene rings is 1. The number of aryl methyl sites for hydroxylation is 2. The molecule has 1 N–H and O–H groups in total. The van der Waals surface area contributed by atoms with Crippen molar-refractivity contribution in [3.8, 4) is 11.4 Å². The minimum atomic E-state index is 0.626. The second kappa shape index (κ2) is 5.68.